The lowest BCUT2D eigenvalue weighted by atomic mass is 10.2. The first-order chi connectivity index (χ1) is 15.7. The molecule has 0 bridgehead atoms. The van der Waals surface area contributed by atoms with E-state index >= 15 is 0 Å². The summed E-state index contributed by atoms with van der Waals surface area (Å²) < 4.78 is 36.6. The Balaban J connectivity index is 1.85. The number of nitrogens with one attached hydrogen (secondary N) is 1. The summed E-state index contributed by atoms with van der Waals surface area (Å²) in [7, 11) is -0.780. The fourth-order valence-electron chi connectivity index (χ4n) is 3.17. The van der Waals surface area contributed by atoms with Crippen LogP contribution in [0.5, 0.6) is 11.5 Å². The predicted molar refractivity (Wildman–Crippen MR) is 130 cm³/mol. The molecule has 3 aromatic rings. The zero-order chi connectivity index (χ0) is 24.2. The maximum absolute atomic E-state index is 13.1. The Hall–Kier alpha value is -2.89. The van der Waals surface area contributed by atoms with Crippen molar-refractivity contribution < 1.29 is 22.7 Å². The van der Waals surface area contributed by atoms with E-state index < -0.39 is 22.0 Å². The lowest BCUT2D eigenvalue weighted by Gasteiger charge is -2.30. The number of anilines is 2. The van der Waals surface area contributed by atoms with Crippen molar-refractivity contribution in [3.63, 3.8) is 0 Å². The second-order valence-electron chi connectivity index (χ2n) is 6.93. The summed E-state index contributed by atoms with van der Waals surface area (Å²) in [6.45, 7) is 1.72. The van der Waals surface area contributed by atoms with Crippen LogP contribution >= 0.6 is 22.9 Å². The highest BCUT2D eigenvalue weighted by Gasteiger charge is 2.32. The molecule has 1 atom stereocenters. The van der Waals surface area contributed by atoms with Crippen LogP contribution in [0.2, 0.25) is 5.02 Å². The molecule has 176 valence electrons. The van der Waals surface area contributed by atoms with Crippen molar-refractivity contribution in [2.24, 2.45) is 0 Å². The van der Waals surface area contributed by atoms with Gasteiger partial charge in [0.25, 0.3) is 0 Å². The molecule has 12 heteroatoms. The van der Waals surface area contributed by atoms with Gasteiger partial charge >= 0.3 is 0 Å². The highest BCUT2D eigenvalue weighted by molar-refractivity contribution is 7.92. The van der Waals surface area contributed by atoms with Crippen molar-refractivity contribution in [1.82, 2.24) is 10.2 Å². The molecule has 1 heterocycles. The third-order valence-electron chi connectivity index (χ3n) is 4.71. The molecule has 0 unspecified atom stereocenters. The summed E-state index contributed by atoms with van der Waals surface area (Å²) in [6, 6.07) is 10.8. The zero-order valence-electron chi connectivity index (χ0n) is 18.4. The number of benzene rings is 2. The smallest absolute Gasteiger partial charge is 0.250 e. The van der Waals surface area contributed by atoms with Gasteiger partial charge in [-0.25, -0.2) is 8.42 Å². The maximum Gasteiger partial charge on any atom is 0.250 e. The minimum atomic E-state index is -3.82. The second kappa shape index (κ2) is 10.4. The number of rotatable bonds is 9. The van der Waals surface area contributed by atoms with Gasteiger partial charge in [0.2, 0.25) is 21.1 Å². The molecule has 3 rings (SSSR count). The van der Waals surface area contributed by atoms with Gasteiger partial charge in [-0.3, -0.25) is 14.4 Å². The molecule has 0 aliphatic heterocycles. The van der Waals surface area contributed by atoms with Crippen LogP contribution in [0.25, 0.3) is 10.6 Å². The molecule has 0 radical (unpaired) electrons. The van der Waals surface area contributed by atoms with E-state index in [1.807, 2.05) is 12.1 Å². The molecule has 1 aromatic heterocycles. The van der Waals surface area contributed by atoms with Gasteiger partial charge in [-0.05, 0) is 48.9 Å². The van der Waals surface area contributed by atoms with E-state index in [2.05, 4.69) is 15.5 Å². The first kappa shape index (κ1) is 24.7. The Bertz CT molecular complexity index is 1230. The van der Waals surface area contributed by atoms with Gasteiger partial charge in [0, 0.05) is 5.56 Å². The van der Waals surface area contributed by atoms with Crippen molar-refractivity contribution in [2.45, 2.75) is 19.4 Å². The van der Waals surface area contributed by atoms with Crippen LogP contribution in [0, 0.1) is 0 Å². The Kier molecular flexibility index (Phi) is 7.77. The third-order valence-corrected chi connectivity index (χ3v) is 7.07. The normalized spacial score (nSPS) is 12.2. The van der Waals surface area contributed by atoms with Crippen LogP contribution in [0.1, 0.15) is 13.3 Å². The number of sulfonamides is 1. The SMILES string of the molecule is CC[C@H](C(=O)Nc1nnc(-c2ccc(OC)cc2)s1)N(c1ccc(OC)c(Cl)c1)S(C)(=O)=O. The van der Waals surface area contributed by atoms with Crippen LogP contribution in [-0.4, -0.2) is 51.0 Å². The highest BCUT2D eigenvalue weighted by Crippen LogP contribution is 2.32. The average molecular weight is 511 g/mol. The van der Waals surface area contributed by atoms with Crippen LogP contribution in [0.15, 0.2) is 42.5 Å². The molecule has 1 N–H and O–H groups in total. The maximum atomic E-state index is 13.1. The Morgan fingerprint density at radius 1 is 1.15 bits per heavy atom. The summed E-state index contributed by atoms with van der Waals surface area (Å²) in [5, 5.41) is 11.9. The van der Waals surface area contributed by atoms with Crippen LogP contribution in [0.3, 0.4) is 0 Å². The number of carbonyl (C=O) groups is 1. The summed E-state index contributed by atoms with van der Waals surface area (Å²) in [5.74, 6) is 0.570. The number of methoxy groups -OCH3 is 2. The number of aromatic nitrogens is 2. The number of nitrogens with zero attached hydrogens (tertiary/aromatic N) is 3. The monoisotopic (exact) mass is 510 g/mol. The Morgan fingerprint density at radius 2 is 1.85 bits per heavy atom. The van der Waals surface area contributed by atoms with Crippen molar-refractivity contribution in [3.05, 3.63) is 47.5 Å². The predicted octanol–water partition coefficient (Wildman–Crippen LogP) is 4.06. The van der Waals surface area contributed by atoms with Gasteiger partial charge < -0.3 is 9.47 Å². The largest absolute Gasteiger partial charge is 0.497 e. The van der Waals surface area contributed by atoms with E-state index in [-0.39, 0.29) is 22.3 Å². The van der Waals surface area contributed by atoms with E-state index in [4.69, 9.17) is 21.1 Å². The molecular weight excluding hydrogens is 488 g/mol. The summed E-state index contributed by atoms with van der Waals surface area (Å²) in [5.41, 5.74) is 1.06. The summed E-state index contributed by atoms with van der Waals surface area (Å²) in [4.78, 5) is 13.1. The van der Waals surface area contributed by atoms with Crippen LogP contribution in [0.4, 0.5) is 10.8 Å². The van der Waals surface area contributed by atoms with Gasteiger partial charge in [0.15, 0.2) is 0 Å². The van der Waals surface area contributed by atoms with E-state index in [9.17, 15) is 13.2 Å². The van der Waals surface area contributed by atoms with Crippen molar-refractivity contribution >= 4 is 49.7 Å². The van der Waals surface area contributed by atoms with E-state index in [0.717, 1.165) is 16.1 Å². The van der Waals surface area contributed by atoms with Crippen LogP contribution < -0.4 is 19.1 Å². The minimum absolute atomic E-state index is 0.215. The third kappa shape index (κ3) is 5.73. The summed E-state index contributed by atoms with van der Waals surface area (Å²) >= 11 is 7.37. The lowest BCUT2D eigenvalue weighted by Crippen LogP contribution is -2.47. The lowest BCUT2D eigenvalue weighted by molar-refractivity contribution is -0.117. The van der Waals surface area contributed by atoms with E-state index in [1.54, 1.807) is 32.2 Å². The van der Waals surface area contributed by atoms with Gasteiger partial charge in [-0.15, -0.1) is 10.2 Å². The van der Waals surface area contributed by atoms with Crippen molar-refractivity contribution in [2.75, 3.05) is 30.1 Å². The molecular formula is C21H23ClN4O5S2. The van der Waals surface area contributed by atoms with Gasteiger partial charge in [-0.1, -0.05) is 29.9 Å². The van der Waals surface area contributed by atoms with Crippen molar-refractivity contribution in [1.29, 1.82) is 0 Å². The first-order valence-corrected chi connectivity index (χ1v) is 12.8. The molecule has 33 heavy (non-hydrogen) atoms. The quantitative estimate of drug-likeness (QED) is 0.462. The highest BCUT2D eigenvalue weighted by atomic mass is 35.5. The van der Waals surface area contributed by atoms with Crippen LogP contribution in [-0.2, 0) is 14.8 Å². The second-order valence-corrected chi connectivity index (χ2v) is 10.2. The van der Waals surface area contributed by atoms with Crippen molar-refractivity contribution in [3.8, 4) is 22.1 Å². The number of carbonyl (C=O) groups excluding carboxylic acids is 1. The Labute approximate surface area is 201 Å². The number of halogens is 1. The van der Waals surface area contributed by atoms with E-state index in [1.165, 1.54) is 30.6 Å². The molecule has 0 saturated carbocycles. The molecule has 0 spiro atoms. The number of amides is 1. The molecule has 9 nitrogen and oxygen atoms in total. The zero-order valence-corrected chi connectivity index (χ0v) is 20.8. The van der Waals surface area contributed by atoms with Gasteiger partial charge in [0.05, 0.1) is 31.2 Å². The minimum Gasteiger partial charge on any atom is -0.497 e. The standard InChI is InChI=1S/C21H23ClN4O5S2/c1-5-17(26(33(4,28)29)14-8-11-18(31-3)16(22)12-14)19(27)23-21-25-24-20(32-21)13-6-9-15(30-2)10-7-13/h6-12,17H,5H2,1-4H3,(H,23,25,27)/t17-/m1/s1. The number of hydrogen-bond acceptors (Lipinski definition) is 8. The van der Waals surface area contributed by atoms with E-state index in [0.29, 0.717) is 16.5 Å². The molecule has 0 aliphatic carbocycles. The fourth-order valence-corrected chi connectivity index (χ4v) is 5.37. The average Bonchev–Trinajstić information content (AvgIpc) is 3.24. The van der Waals surface area contributed by atoms with Gasteiger partial charge in [-0.2, -0.15) is 0 Å². The molecule has 1 amide bonds. The molecule has 0 fully saturated rings. The Morgan fingerprint density at radius 3 is 2.39 bits per heavy atom. The first-order valence-electron chi connectivity index (χ1n) is 9.79. The van der Waals surface area contributed by atoms with Gasteiger partial charge in [0.1, 0.15) is 22.5 Å². The molecule has 0 saturated heterocycles. The molecule has 0 aliphatic rings. The number of hydrogen-bond donors (Lipinski definition) is 1. The fraction of sp³-hybridized carbons (Fsp3) is 0.286. The summed E-state index contributed by atoms with van der Waals surface area (Å²) in [6.07, 6.45) is 1.25. The molecule has 2 aromatic carbocycles. The number of ether oxygens (including phenoxy) is 2. The topological polar surface area (TPSA) is 111 Å².